The third-order valence-electron chi connectivity index (χ3n) is 19.0. The van der Waals surface area contributed by atoms with Gasteiger partial charge in [-0.2, -0.15) is 0 Å². The van der Waals surface area contributed by atoms with E-state index in [-0.39, 0.29) is 12.5 Å². The van der Waals surface area contributed by atoms with E-state index in [1.54, 1.807) is 6.08 Å². The highest BCUT2D eigenvalue weighted by atomic mass is 16.3. The van der Waals surface area contributed by atoms with Crippen molar-refractivity contribution in [2.24, 2.45) is 0 Å². The van der Waals surface area contributed by atoms with Crippen LogP contribution in [0.25, 0.3) is 0 Å². The molecule has 2 unspecified atom stereocenters. The van der Waals surface area contributed by atoms with Crippen molar-refractivity contribution in [3.63, 3.8) is 0 Å². The Kier molecular flexibility index (Phi) is 74.6. The lowest BCUT2D eigenvalue weighted by Crippen LogP contribution is -2.45. The number of hydrogen-bond acceptors (Lipinski definition) is 3. The molecule has 496 valence electrons. The zero-order chi connectivity index (χ0) is 59.8. The van der Waals surface area contributed by atoms with Gasteiger partial charge in [-0.1, -0.05) is 456 Å². The molecule has 0 heterocycles. The third kappa shape index (κ3) is 71.8. The van der Waals surface area contributed by atoms with Gasteiger partial charge in [0.2, 0.25) is 5.91 Å². The van der Waals surface area contributed by atoms with Crippen LogP contribution >= 0.6 is 0 Å². The largest absolute Gasteiger partial charge is 0.394 e. The molecule has 4 nitrogen and oxygen atoms in total. The number of hydrogen-bond donors (Lipinski definition) is 3. The first-order chi connectivity index (χ1) is 41.2. The molecule has 0 aromatic heterocycles. The maximum atomic E-state index is 12.6. The van der Waals surface area contributed by atoms with Gasteiger partial charge in [-0.3, -0.25) is 4.79 Å². The Labute approximate surface area is 524 Å². The van der Waals surface area contributed by atoms with Crippen LogP contribution in [0.5, 0.6) is 0 Å². The van der Waals surface area contributed by atoms with Crippen LogP contribution in [0.3, 0.4) is 0 Å². The van der Waals surface area contributed by atoms with Crippen molar-refractivity contribution in [2.75, 3.05) is 6.61 Å². The molecule has 0 radical (unpaired) electrons. The van der Waals surface area contributed by atoms with Crippen LogP contribution in [0.1, 0.15) is 470 Å². The Hall–Kier alpha value is -0.870. The van der Waals surface area contributed by atoms with Crippen LogP contribution < -0.4 is 5.32 Å². The minimum Gasteiger partial charge on any atom is -0.394 e. The van der Waals surface area contributed by atoms with Crippen LogP contribution in [-0.4, -0.2) is 34.9 Å². The van der Waals surface area contributed by atoms with Crippen LogP contribution in [0, 0.1) is 0 Å². The zero-order valence-corrected chi connectivity index (χ0v) is 57.5. The molecule has 0 aromatic carbocycles. The van der Waals surface area contributed by atoms with Gasteiger partial charge in [0.25, 0.3) is 0 Å². The standard InChI is InChI=1S/C79H157NO3/c1-3-5-7-9-11-13-15-17-19-21-23-25-27-29-31-33-35-37-38-39-40-41-43-45-47-49-51-53-55-57-59-61-63-65-67-69-71-73-75-79(83)80-77(76-81)78(82)74-72-70-68-66-64-62-60-58-56-54-52-50-48-46-44-42-36-34-32-30-28-26-24-22-20-18-16-14-12-10-8-6-4-2/h72,74,77-78,81-82H,3-71,73,75-76H2,1-2H3,(H,80,83)/b74-72+. The number of unbranched alkanes of at least 4 members (excludes halogenated alkanes) is 68. The van der Waals surface area contributed by atoms with Crippen molar-refractivity contribution < 1.29 is 15.0 Å². The van der Waals surface area contributed by atoms with E-state index in [2.05, 4.69) is 19.2 Å². The van der Waals surface area contributed by atoms with Gasteiger partial charge in [-0.25, -0.2) is 0 Å². The maximum absolute atomic E-state index is 12.6. The molecule has 0 saturated heterocycles. The molecule has 0 bridgehead atoms. The number of aliphatic hydroxyl groups is 2. The smallest absolute Gasteiger partial charge is 0.220 e. The second kappa shape index (κ2) is 75.4. The molecule has 3 N–H and O–H groups in total. The second-order valence-electron chi connectivity index (χ2n) is 27.5. The van der Waals surface area contributed by atoms with Gasteiger partial charge < -0.3 is 15.5 Å². The number of rotatable bonds is 75. The number of nitrogens with one attached hydrogen (secondary N) is 1. The van der Waals surface area contributed by atoms with Crippen molar-refractivity contribution in [1.82, 2.24) is 5.32 Å². The molecular formula is C79H157NO3. The first-order valence-electron chi connectivity index (χ1n) is 39.4. The van der Waals surface area contributed by atoms with E-state index in [4.69, 9.17) is 0 Å². The third-order valence-corrected chi connectivity index (χ3v) is 19.0. The van der Waals surface area contributed by atoms with Gasteiger partial charge in [0, 0.05) is 6.42 Å². The van der Waals surface area contributed by atoms with Gasteiger partial charge in [0.05, 0.1) is 18.8 Å². The van der Waals surface area contributed by atoms with E-state index in [0.717, 1.165) is 25.7 Å². The Balaban J connectivity index is 3.36. The number of amides is 1. The Bertz CT molecular complexity index is 1190. The van der Waals surface area contributed by atoms with Gasteiger partial charge >= 0.3 is 0 Å². The van der Waals surface area contributed by atoms with Gasteiger partial charge in [-0.05, 0) is 19.3 Å². The summed E-state index contributed by atoms with van der Waals surface area (Å²) < 4.78 is 0. The Morgan fingerprint density at radius 3 is 0.627 bits per heavy atom. The average molecular weight is 1170 g/mol. The lowest BCUT2D eigenvalue weighted by Gasteiger charge is -2.20. The fourth-order valence-electron chi connectivity index (χ4n) is 13.1. The zero-order valence-electron chi connectivity index (χ0n) is 57.5. The molecule has 0 saturated carbocycles. The van der Waals surface area contributed by atoms with Crippen molar-refractivity contribution in [1.29, 1.82) is 0 Å². The van der Waals surface area contributed by atoms with E-state index < -0.39 is 12.1 Å². The number of carbonyl (C=O) groups is 1. The first kappa shape index (κ1) is 82.1. The highest BCUT2D eigenvalue weighted by Gasteiger charge is 2.18. The summed E-state index contributed by atoms with van der Waals surface area (Å²) in [6.07, 6.45) is 102. The molecular weight excluding hydrogens is 1010 g/mol. The summed E-state index contributed by atoms with van der Waals surface area (Å²) in [5, 5.41) is 23.4. The Morgan fingerprint density at radius 1 is 0.277 bits per heavy atom. The second-order valence-corrected chi connectivity index (χ2v) is 27.5. The molecule has 0 fully saturated rings. The Morgan fingerprint density at radius 2 is 0.446 bits per heavy atom. The molecule has 0 rings (SSSR count). The fraction of sp³-hybridized carbons (Fsp3) is 0.962. The summed E-state index contributed by atoms with van der Waals surface area (Å²) in [4.78, 5) is 12.6. The van der Waals surface area contributed by atoms with Crippen molar-refractivity contribution in [3.8, 4) is 0 Å². The van der Waals surface area contributed by atoms with Crippen LogP contribution in [0.4, 0.5) is 0 Å². The molecule has 2 atom stereocenters. The lowest BCUT2D eigenvalue weighted by molar-refractivity contribution is -0.123. The van der Waals surface area contributed by atoms with Crippen LogP contribution in [0.2, 0.25) is 0 Å². The molecule has 0 aliphatic carbocycles. The lowest BCUT2D eigenvalue weighted by atomic mass is 10.0. The topological polar surface area (TPSA) is 69.6 Å². The van der Waals surface area contributed by atoms with Crippen molar-refractivity contribution in [2.45, 2.75) is 482 Å². The monoisotopic (exact) mass is 1170 g/mol. The minimum absolute atomic E-state index is 0.0518. The van der Waals surface area contributed by atoms with Crippen molar-refractivity contribution >= 4 is 5.91 Å². The number of aliphatic hydroxyl groups excluding tert-OH is 2. The van der Waals surface area contributed by atoms with Crippen molar-refractivity contribution in [3.05, 3.63) is 12.2 Å². The summed E-state index contributed by atoms with van der Waals surface area (Å²) in [5.74, 6) is -0.0518. The summed E-state index contributed by atoms with van der Waals surface area (Å²) in [7, 11) is 0. The van der Waals surface area contributed by atoms with Crippen LogP contribution in [-0.2, 0) is 4.79 Å². The normalized spacial score (nSPS) is 12.6. The summed E-state index contributed by atoms with van der Waals surface area (Å²) >= 11 is 0. The molecule has 0 aliphatic rings. The van der Waals surface area contributed by atoms with Gasteiger partial charge in [0.1, 0.15) is 0 Å². The highest BCUT2D eigenvalue weighted by Crippen LogP contribution is 2.21. The van der Waals surface area contributed by atoms with E-state index in [9.17, 15) is 15.0 Å². The SMILES string of the molecule is CCCCCCCCCCCCCCCCCCCCCCCCCCCCCCCCC/C=C/C(O)C(CO)NC(=O)CCCCCCCCCCCCCCCCCCCCCCCCCCCCCCCCCCCCCCCC. The maximum Gasteiger partial charge on any atom is 0.220 e. The molecule has 83 heavy (non-hydrogen) atoms. The summed E-state index contributed by atoms with van der Waals surface area (Å²) in [6.45, 7) is 4.38. The summed E-state index contributed by atoms with van der Waals surface area (Å²) in [6, 6.07) is -0.621. The first-order valence-corrected chi connectivity index (χ1v) is 39.4. The van der Waals surface area contributed by atoms with Gasteiger partial charge in [-0.15, -0.1) is 0 Å². The molecule has 4 heteroatoms. The predicted octanol–water partition coefficient (Wildman–Crippen LogP) is 27.1. The molecule has 0 aliphatic heterocycles. The fourth-order valence-corrected chi connectivity index (χ4v) is 13.1. The minimum atomic E-state index is -0.838. The number of allylic oxidation sites excluding steroid dienone is 1. The van der Waals surface area contributed by atoms with Gasteiger partial charge in [0.15, 0.2) is 0 Å². The van der Waals surface area contributed by atoms with Crippen LogP contribution in [0.15, 0.2) is 12.2 Å². The van der Waals surface area contributed by atoms with E-state index >= 15 is 0 Å². The van der Waals surface area contributed by atoms with E-state index in [0.29, 0.717) is 6.42 Å². The molecule has 1 amide bonds. The highest BCUT2D eigenvalue weighted by molar-refractivity contribution is 5.76. The average Bonchev–Trinajstić information content (AvgIpc) is 3.50. The molecule has 0 spiro atoms. The number of carbonyl (C=O) groups excluding carboxylic acids is 1. The quantitative estimate of drug-likeness (QED) is 0.0420. The predicted molar refractivity (Wildman–Crippen MR) is 373 cm³/mol. The summed E-state index contributed by atoms with van der Waals surface area (Å²) in [5.41, 5.74) is 0. The van der Waals surface area contributed by atoms with E-state index in [1.165, 1.54) is 424 Å². The van der Waals surface area contributed by atoms with E-state index in [1.807, 2.05) is 6.08 Å². The molecule has 0 aromatic rings.